The highest BCUT2D eigenvalue weighted by Gasteiger charge is 2.45. The summed E-state index contributed by atoms with van der Waals surface area (Å²) in [6.45, 7) is 6.99. The van der Waals surface area contributed by atoms with Gasteiger partial charge in [0.05, 0.1) is 17.9 Å². The Hall–Kier alpha value is -4.13. The number of hydrogen-bond acceptors (Lipinski definition) is 5. The van der Waals surface area contributed by atoms with Crippen molar-refractivity contribution in [3.8, 4) is 5.75 Å². The Labute approximate surface area is 198 Å². The fourth-order valence-corrected chi connectivity index (χ4v) is 4.07. The summed E-state index contributed by atoms with van der Waals surface area (Å²) in [5, 5.41) is 11.2. The monoisotopic (exact) mass is 457 g/mol. The summed E-state index contributed by atoms with van der Waals surface area (Å²) in [4.78, 5) is 31.8. The number of aliphatic hydroxyl groups excluding tert-OH is 1. The predicted molar refractivity (Wildman–Crippen MR) is 129 cm³/mol. The van der Waals surface area contributed by atoms with Crippen molar-refractivity contribution >= 4 is 17.4 Å². The number of benzene rings is 2. The van der Waals surface area contributed by atoms with Crippen molar-refractivity contribution in [1.82, 2.24) is 14.5 Å². The lowest BCUT2D eigenvalue weighted by Crippen LogP contribution is -2.31. The Morgan fingerprint density at radius 1 is 1.12 bits per heavy atom. The molecule has 1 aliphatic heterocycles. The molecule has 1 atom stereocenters. The van der Waals surface area contributed by atoms with E-state index in [2.05, 4.69) is 11.6 Å². The molecule has 1 saturated heterocycles. The molecule has 1 unspecified atom stereocenters. The number of rotatable bonds is 9. The highest BCUT2D eigenvalue weighted by atomic mass is 16.5. The van der Waals surface area contributed by atoms with Crippen molar-refractivity contribution in [3.63, 3.8) is 0 Å². The van der Waals surface area contributed by atoms with Crippen LogP contribution in [0.1, 0.15) is 29.2 Å². The van der Waals surface area contributed by atoms with Crippen molar-refractivity contribution < 1.29 is 19.4 Å². The Bertz CT molecular complexity index is 1200. The zero-order valence-corrected chi connectivity index (χ0v) is 19.1. The number of aliphatic hydroxyl groups is 1. The van der Waals surface area contributed by atoms with Crippen LogP contribution in [0.3, 0.4) is 0 Å². The van der Waals surface area contributed by atoms with Gasteiger partial charge in [0.15, 0.2) is 0 Å². The van der Waals surface area contributed by atoms with Gasteiger partial charge in [0.1, 0.15) is 18.1 Å². The molecule has 1 aliphatic rings. The van der Waals surface area contributed by atoms with Gasteiger partial charge in [-0.05, 0) is 43.2 Å². The van der Waals surface area contributed by atoms with E-state index in [1.54, 1.807) is 47.8 Å². The van der Waals surface area contributed by atoms with E-state index in [0.29, 0.717) is 37.4 Å². The fourth-order valence-electron chi connectivity index (χ4n) is 4.07. The molecule has 2 heterocycles. The van der Waals surface area contributed by atoms with Gasteiger partial charge in [-0.1, -0.05) is 42.5 Å². The van der Waals surface area contributed by atoms with Crippen LogP contribution in [-0.2, 0) is 16.1 Å². The molecule has 2 aromatic carbocycles. The van der Waals surface area contributed by atoms with Crippen LogP contribution in [0.5, 0.6) is 5.75 Å². The molecule has 0 saturated carbocycles. The molecule has 1 aromatic heterocycles. The molecule has 0 spiro atoms. The first-order valence-electron chi connectivity index (χ1n) is 11.1. The lowest BCUT2D eigenvalue weighted by atomic mass is 9.94. The first-order chi connectivity index (χ1) is 16.5. The summed E-state index contributed by atoms with van der Waals surface area (Å²) >= 11 is 0. The standard InChI is InChI=1S/C27H27N3O4/c1-3-17-34-22-11-9-21(10-12-22)25(31)23-24(20-7-5-19(2)6-8-20)30(27(33)26(23)32)15-4-14-29-16-13-28-18-29/h3,5-13,16,18,24,31H,1,4,14-15,17H2,2H3. The number of ketones is 1. The Balaban J connectivity index is 1.68. The second kappa shape index (κ2) is 10.2. The summed E-state index contributed by atoms with van der Waals surface area (Å²) < 4.78 is 7.42. The van der Waals surface area contributed by atoms with Crippen molar-refractivity contribution in [1.29, 1.82) is 0 Å². The number of imidazole rings is 1. The van der Waals surface area contributed by atoms with E-state index < -0.39 is 17.7 Å². The van der Waals surface area contributed by atoms with Crippen molar-refractivity contribution in [3.05, 3.63) is 102 Å². The normalized spacial score (nSPS) is 17.2. The van der Waals surface area contributed by atoms with Crippen LogP contribution >= 0.6 is 0 Å². The maximum absolute atomic E-state index is 13.1. The molecule has 0 radical (unpaired) electrons. The van der Waals surface area contributed by atoms with Gasteiger partial charge in [-0.15, -0.1) is 0 Å². The van der Waals surface area contributed by atoms with Crippen LogP contribution in [0.25, 0.3) is 5.76 Å². The first kappa shape index (κ1) is 23.0. The molecule has 1 amide bonds. The molecule has 3 aromatic rings. The van der Waals surface area contributed by atoms with Crippen molar-refractivity contribution in [2.45, 2.75) is 25.9 Å². The van der Waals surface area contributed by atoms with Crippen LogP contribution in [0.15, 0.2) is 85.5 Å². The van der Waals surface area contributed by atoms with Gasteiger partial charge < -0.3 is 19.3 Å². The summed E-state index contributed by atoms with van der Waals surface area (Å²) in [7, 11) is 0. The van der Waals surface area contributed by atoms with E-state index in [-0.39, 0.29) is 11.3 Å². The Morgan fingerprint density at radius 2 is 1.85 bits per heavy atom. The number of aromatic nitrogens is 2. The van der Waals surface area contributed by atoms with Crippen molar-refractivity contribution in [2.24, 2.45) is 0 Å². The SMILES string of the molecule is C=CCOc1ccc(C(O)=C2C(=O)C(=O)N(CCCn3ccnc3)C2c2ccc(C)cc2)cc1. The maximum Gasteiger partial charge on any atom is 0.295 e. The van der Waals surface area contributed by atoms with Crippen LogP contribution in [0.4, 0.5) is 0 Å². The van der Waals surface area contributed by atoms with E-state index in [0.717, 1.165) is 11.1 Å². The number of aryl methyl sites for hydroxylation is 2. The maximum atomic E-state index is 13.1. The molecule has 174 valence electrons. The molecule has 0 bridgehead atoms. The van der Waals surface area contributed by atoms with Gasteiger partial charge in [0, 0.05) is 31.0 Å². The number of carbonyl (C=O) groups excluding carboxylic acids is 2. The van der Waals surface area contributed by atoms with Gasteiger partial charge in [0.25, 0.3) is 11.7 Å². The molecule has 34 heavy (non-hydrogen) atoms. The Kier molecular flexibility index (Phi) is 6.92. The number of likely N-dealkylation sites (tertiary alicyclic amines) is 1. The number of amides is 1. The lowest BCUT2D eigenvalue weighted by Gasteiger charge is -2.25. The number of carbonyl (C=O) groups is 2. The minimum atomic E-state index is -0.683. The molecule has 7 heteroatoms. The van der Waals surface area contributed by atoms with Crippen LogP contribution in [0.2, 0.25) is 0 Å². The topological polar surface area (TPSA) is 84.7 Å². The summed E-state index contributed by atoms with van der Waals surface area (Å²) in [6.07, 6.45) is 7.55. The third kappa shape index (κ3) is 4.78. The minimum absolute atomic E-state index is 0.0937. The number of ether oxygens (including phenoxy) is 1. The smallest absolute Gasteiger partial charge is 0.295 e. The van der Waals surface area contributed by atoms with E-state index in [1.807, 2.05) is 42.0 Å². The molecule has 0 aliphatic carbocycles. The summed E-state index contributed by atoms with van der Waals surface area (Å²) in [5.74, 6) is -0.871. The zero-order valence-electron chi connectivity index (χ0n) is 19.1. The Morgan fingerprint density at radius 3 is 2.50 bits per heavy atom. The van der Waals surface area contributed by atoms with Gasteiger partial charge in [-0.3, -0.25) is 9.59 Å². The second-order valence-electron chi connectivity index (χ2n) is 8.18. The number of hydrogen-bond donors (Lipinski definition) is 1. The van der Waals surface area contributed by atoms with Gasteiger partial charge >= 0.3 is 0 Å². The molecule has 7 nitrogen and oxygen atoms in total. The van der Waals surface area contributed by atoms with Crippen LogP contribution in [-0.4, -0.2) is 44.4 Å². The van der Waals surface area contributed by atoms with Gasteiger partial charge in [-0.2, -0.15) is 0 Å². The van der Waals surface area contributed by atoms with E-state index in [4.69, 9.17) is 4.74 Å². The molecular formula is C27H27N3O4. The number of nitrogens with zero attached hydrogens (tertiary/aromatic N) is 3. The van der Waals surface area contributed by atoms with E-state index in [1.165, 1.54) is 0 Å². The average Bonchev–Trinajstić information content (AvgIpc) is 3.45. The van der Waals surface area contributed by atoms with Crippen LogP contribution in [0, 0.1) is 6.92 Å². The average molecular weight is 458 g/mol. The fraction of sp³-hybridized carbons (Fsp3) is 0.222. The van der Waals surface area contributed by atoms with Gasteiger partial charge in [0.2, 0.25) is 0 Å². The molecular weight excluding hydrogens is 430 g/mol. The van der Waals surface area contributed by atoms with Crippen LogP contribution < -0.4 is 4.74 Å². The number of Topliss-reactive ketones (excluding diaryl/α,β-unsaturated/α-hetero) is 1. The molecule has 1 fully saturated rings. The summed E-state index contributed by atoms with van der Waals surface area (Å²) in [5.41, 5.74) is 2.38. The highest BCUT2D eigenvalue weighted by Crippen LogP contribution is 2.39. The van der Waals surface area contributed by atoms with E-state index in [9.17, 15) is 14.7 Å². The summed E-state index contributed by atoms with van der Waals surface area (Å²) in [6, 6.07) is 13.8. The minimum Gasteiger partial charge on any atom is -0.507 e. The third-order valence-corrected chi connectivity index (χ3v) is 5.80. The molecule has 1 N–H and O–H groups in total. The van der Waals surface area contributed by atoms with E-state index >= 15 is 0 Å². The largest absolute Gasteiger partial charge is 0.507 e. The van der Waals surface area contributed by atoms with Crippen molar-refractivity contribution in [2.75, 3.05) is 13.2 Å². The second-order valence-corrected chi connectivity index (χ2v) is 8.18. The predicted octanol–water partition coefficient (Wildman–Crippen LogP) is 4.27. The quantitative estimate of drug-likeness (QED) is 0.225. The zero-order chi connectivity index (χ0) is 24.1. The lowest BCUT2D eigenvalue weighted by molar-refractivity contribution is -0.139. The van der Waals surface area contributed by atoms with Gasteiger partial charge in [-0.25, -0.2) is 4.98 Å². The highest BCUT2D eigenvalue weighted by molar-refractivity contribution is 6.46. The third-order valence-electron chi connectivity index (χ3n) is 5.80. The first-order valence-corrected chi connectivity index (χ1v) is 11.1. The molecule has 4 rings (SSSR count).